The van der Waals surface area contributed by atoms with Gasteiger partial charge < -0.3 is 14.2 Å². The van der Waals surface area contributed by atoms with Crippen molar-refractivity contribution in [1.29, 1.82) is 0 Å². The molecular weight excluding hydrogens is 709 g/mol. The van der Waals surface area contributed by atoms with Crippen LogP contribution in [0, 0.1) is 5.92 Å². The molecule has 0 amide bonds. The summed E-state index contributed by atoms with van der Waals surface area (Å²) in [4.78, 5) is 37.9. The number of carbonyl (C=O) groups is 3. The molecule has 6 nitrogen and oxygen atoms in total. The molecule has 57 heavy (non-hydrogen) atoms. The van der Waals surface area contributed by atoms with Gasteiger partial charge in [0.05, 0.1) is 0 Å². The van der Waals surface area contributed by atoms with Crippen LogP contribution in [0.3, 0.4) is 0 Å². The lowest BCUT2D eigenvalue weighted by atomic mass is 9.99. The van der Waals surface area contributed by atoms with Crippen LogP contribution in [-0.4, -0.2) is 37.2 Å². The summed E-state index contributed by atoms with van der Waals surface area (Å²) < 4.78 is 16.8. The summed E-state index contributed by atoms with van der Waals surface area (Å²) in [5.41, 5.74) is 0. The molecule has 0 rings (SSSR count). The SMILES string of the molecule is CCCCCCCCCCCCCCCCCC(=O)OC[C@@H](COC(=O)CCCCCCCCCCC(C)CC)OC(=O)CCCCCCCCCCCCCC. The van der Waals surface area contributed by atoms with Crippen LogP contribution in [0.1, 0.15) is 285 Å². The molecule has 0 N–H and O–H groups in total. The van der Waals surface area contributed by atoms with Gasteiger partial charge in [-0.2, -0.15) is 0 Å². The lowest BCUT2D eigenvalue weighted by Crippen LogP contribution is -2.30. The maximum absolute atomic E-state index is 12.7. The van der Waals surface area contributed by atoms with Crippen molar-refractivity contribution in [3.8, 4) is 0 Å². The fourth-order valence-electron chi connectivity index (χ4n) is 7.66. The maximum Gasteiger partial charge on any atom is 0.306 e. The number of ether oxygens (including phenoxy) is 3. The van der Waals surface area contributed by atoms with E-state index in [4.69, 9.17) is 14.2 Å². The normalized spacial score (nSPS) is 12.4. The predicted molar refractivity (Wildman–Crippen MR) is 243 cm³/mol. The molecule has 0 fully saturated rings. The van der Waals surface area contributed by atoms with Gasteiger partial charge in [0, 0.05) is 19.3 Å². The Bertz CT molecular complexity index is 859. The quantitative estimate of drug-likeness (QED) is 0.0346. The third-order valence-electron chi connectivity index (χ3n) is 11.9. The van der Waals surface area contributed by atoms with Crippen molar-refractivity contribution in [3.63, 3.8) is 0 Å². The van der Waals surface area contributed by atoms with Gasteiger partial charge in [-0.25, -0.2) is 0 Å². The van der Waals surface area contributed by atoms with E-state index in [0.29, 0.717) is 19.3 Å². The summed E-state index contributed by atoms with van der Waals surface area (Å²) in [6.07, 6.45) is 46.5. The molecule has 0 bridgehead atoms. The first-order valence-corrected chi connectivity index (χ1v) is 25.4. The smallest absolute Gasteiger partial charge is 0.306 e. The van der Waals surface area contributed by atoms with Crippen molar-refractivity contribution in [3.05, 3.63) is 0 Å². The molecular formula is C51H98O6. The summed E-state index contributed by atoms with van der Waals surface area (Å²) in [6.45, 7) is 9.02. The van der Waals surface area contributed by atoms with Crippen molar-refractivity contribution in [2.75, 3.05) is 13.2 Å². The molecule has 2 atom stereocenters. The predicted octanol–water partition coefficient (Wildman–Crippen LogP) is 16.3. The van der Waals surface area contributed by atoms with Gasteiger partial charge >= 0.3 is 17.9 Å². The van der Waals surface area contributed by atoms with Gasteiger partial charge in [-0.05, 0) is 25.2 Å². The molecule has 0 aliphatic carbocycles. The van der Waals surface area contributed by atoms with E-state index in [1.165, 1.54) is 180 Å². The molecule has 1 unspecified atom stereocenters. The minimum Gasteiger partial charge on any atom is -0.462 e. The van der Waals surface area contributed by atoms with Crippen LogP contribution >= 0.6 is 0 Å². The molecule has 0 heterocycles. The Morgan fingerprint density at radius 2 is 0.614 bits per heavy atom. The highest BCUT2D eigenvalue weighted by Gasteiger charge is 2.19. The van der Waals surface area contributed by atoms with E-state index in [9.17, 15) is 14.4 Å². The van der Waals surface area contributed by atoms with Gasteiger partial charge in [0.15, 0.2) is 6.10 Å². The van der Waals surface area contributed by atoms with Gasteiger partial charge in [-0.3, -0.25) is 14.4 Å². The van der Waals surface area contributed by atoms with Crippen LogP contribution in [0.25, 0.3) is 0 Å². The van der Waals surface area contributed by atoms with E-state index < -0.39 is 6.10 Å². The standard InChI is InChI=1S/C51H98O6/c1-5-8-10-12-14-16-18-20-21-22-24-25-30-34-38-42-49(52)55-45-48(57-51(54)44-40-36-32-26-23-19-17-15-13-11-9-6-2)46-56-50(53)43-39-35-31-28-27-29-33-37-41-47(4)7-3/h47-48H,5-46H2,1-4H3/t47?,48-/m0/s1. The van der Waals surface area contributed by atoms with Crippen molar-refractivity contribution >= 4 is 17.9 Å². The van der Waals surface area contributed by atoms with Crippen LogP contribution in [0.5, 0.6) is 0 Å². The van der Waals surface area contributed by atoms with Crippen LogP contribution in [0.4, 0.5) is 0 Å². The van der Waals surface area contributed by atoms with Gasteiger partial charge in [-0.15, -0.1) is 0 Å². The molecule has 0 spiro atoms. The average molecular weight is 807 g/mol. The Hall–Kier alpha value is -1.59. The minimum atomic E-state index is -0.760. The Morgan fingerprint density at radius 1 is 0.351 bits per heavy atom. The molecule has 0 aromatic carbocycles. The zero-order chi connectivity index (χ0) is 41.7. The number of carbonyl (C=O) groups excluding carboxylic acids is 3. The van der Waals surface area contributed by atoms with E-state index in [2.05, 4.69) is 27.7 Å². The first-order valence-electron chi connectivity index (χ1n) is 25.4. The Balaban J connectivity index is 4.31. The third kappa shape index (κ3) is 43.8. The van der Waals surface area contributed by atoms with Gasteiger partial charge in [0.25, 0.3) is 0 Å². The Morgan fingerprint density at radius 3 is 0.912 bits per heavy atom. The zero-order valence-electron chi connectivity index (χ0n) is 38.8. The monoisotopic (exact) mass is 807 g/mol. The minimum absolute atomic E-state index is 0.0631. The van der Waals surface area contributed by atoms with E-state index in [0.717, 1.165) is 63.7 Å². The van der Waals surface area contributed by atoms with Crippen molar-refractivity contribution in [1.82, 2.24) is 0 Å². The Labute approximate surface area is 355 Å². The number of rotatable bonds is 46. The summed E-state index contributed by atoms with van der Waals surface area (Å²) in [5, 5.41) is 0. The van der Waals surface area contributed by atoms with Crippen molar-refractivity contribution in [2.45, 2.75) is 291 Å². The first-order chi connectivity index (χ1) is 27.9. The average Bonchev–Trinajstić information content (AvgIpc) is 3.21. The lowest BCUT2D eigenvalue weighted by molar-refractivity contribution is -0.167. The highest BCUT2D eigenvalue weighted by atomic mass is 16.6. The lowest BCUT2D eigenvalue weighted by Gasteiger charge is -2.18. The number of hydrogen-bond acceptors (Lipinski definition) is 6. The van der Waals surface area contributed by atoms with Crippen LogP contribution in [-0.2, 0) is 28.6 Å². The van der Waals surface area contributed by atoms with E-state index in [-0.39, 0.29) is 31.1 Å². The highest BCUT2D eigenvalue weighted by Crippen LogP contribution is 2.17. The molecule has 0 aromatic rings. The summed E-state index contributed by atoms with van der Waals surface area (Å²) in [6, 6.07) is 0. The second-order valence-corrected chi connectivity index (χ2v) is 17.7. The molecule has 0 saturated carbocycles. The van der Waals surface area contributed by atoms with E-state index >= 15 is 0 Å². The second kappa shape index (κ2) is 45.5. The van der Waals surface area contributed by atoms with Gasteiger partial charge in [0.1, 0.15) is 13.2 Å². The fraction of sp³-hybridized carbons (Fsp3) is 0.941. The zero-order valence-corrected chi connectivity index (χ0v) is 38.8. The number of unbranched alkanes of at least 4 members (excludes halogenated alkanes) is 32. The van der Waals surface area contributed by atoms with Crippen LogP contribution in [0.15, 0.2) is 0 Å². The maximum atomic E-state index is 12.7. The van der Waals surface area contributed by atoms with E-state index in [1.54, 1.807) is 0 Å². The molecule has 0 radical (unpaired) electrons. The number of hydrogen-bond donors (Lipinski definition) is 0. The number of esters is 3. The topological polar surface area (TPSA) is 78.9 Å². The molecule has 0 saturated heterocycles. The summed E-state index contributed by atoms with van der Waals surface area (Å²) in [5.74, 6) is 0.000833. The molecule has 338 valence electrons. The first kappa shape index (κ1) is 55.4. The fourth-order valence-corrected chi connectivity index (χ4v) is 7.66. The third-order valence-corrected chi connectivity index (χ3v) is 11.9. The van der Waals surface area contributed by atoms with Crippen molar-refractivity contribution < 1.29 is 28.6 Å². The molecule has 0 aliphatic rings. The largest absolute Gasteiger partial charge is 0.462 e. The second-order valence-electron chi connectivity index (χ2n) is 17.7. The molecule has 0 aromatic heterocycles. The van der Waals surface area contributed by atoms with Gasteiger partial charge in [0.2, 0.25) is 0 Å². The molecule has 6 heteroatoms. The van der Waals surface area contributed by atoms with Gasteiger partial charge in [-0.1, -0.05) is 246 Å². The van der Waals surface area contributed by atoms with E-state index in [1.807, 2.05) is 0 Å². The van der Waals surface area contributed by atoms with Crippen molar-refractivity contribution in [2.24, 2.45) is 5.92 Å². The highest BCUT2D eigenvalue weighted by molar-refractivity contribution is 5.71. The summed E-state index contributed by atoms with van der Waals surface area (Å²) >= 11 is 0. The van der Waals surface area contributed by atoms with Crippen LogP contribution in [0.2, 0.25) is 0 Å². The molecule has 0 aliphatic heterocycles. The van der Waals surface area contributed by atoms with Crippen LogP contribution < -0.4 is 0 Å². The Kier molecular flexibility index (Phi) is 44.2. The summed E-state index contributed by atoms with van der Waals surface area (Å²) in [7, 11) is 0.